The lowest BCUT2D eigenvalue weighted by Gasteiger charge is -2.29. The van der Waals surface area contributed by atoms with Gasteiger partial charge in [0.2, 0.25) is 0 Å². The fourth-order valence-electron chi connectivity index (χ4n) is 2.50. The zero-order chi connectivity index (χ0) is 17.5. The van der Waals surface area contributed by atoms with E-state index in [1.807, 2.05) is 0 Å². The highest BCUT2D eigenvalue weighted by molar-refractivity contribution is 6.35. The first-order chi connectivity index (χ1) is 11.5. The van der Waals surface area contributed by atoms with E-state index in [2.05, 4.69) is 17.5 Å². The van der Waals surface area contributed by atoms with Crippen LogP contribution >= 0.6 is 0 Å². The summed E-state index contributed by atoms with van der Waals surface area (Å²) in [4.78, 5) is 25.5. The van der Waals surface area contributed by atoms with Crippen LogP contribution in [0.25, 0.3) is 0 Å². The summed E-state index contributed by atoms with van der Waals surface area (Å²) < 4.78 is 10.3. The Morgan fingerprint density at radius 3 is 2.50 bits per heavy atom. The number of hydrogen-bond donors (Lipinski definition) is 1. The van der Waals surface area contributed by atoms with Gasteiger partial charge in [0.15, 0.2) is 11.5 Å². The van der Waals surface area contributed by atoms with Crippen molar-refractivity contribution >= 4 is 18.0 Å². The van der Waals surface area contributed by atoms with Gasteiger partial charge in [0, 0.05) is 13.1 Å². The van der Waals surface area contributed by atoms with E-state index >= 15 is 0 Å². The minimum absolute atomic E-state index is 0.536. The predicted molar refractivity (Wildman–Crippen MR) is 90.3 cm³/mol. The molecule has 0 unspecified atom stereocenters. The topological polar surface area (TPSA) is 80.2 Å². The van der Waals surface area contributed by atoms with Crippen LogP contribution in [-0.4, -0.2) is 50.2 Å². The van der Waals surface area contributed by atoms with Gasteiger partial charge in [-0.05, 0) is 42.5 Å². The van der Waals surface area contributed by atoms with Gasteiger partial charge in [-0.25, -0.2) is 5.43 Å². The average molecular weight is 333 g/mol. The Labute approximate surface area is 141 Å². The van der Waals surface area contributed by atoms with E-state index in [-0.39, 0.29) is 0 Å². The highest BCUT2D eigenvalue weighted by atomic mass is 16.5. The van der Waals surface area contributed by atoms with Crippen molar-refractivity contribution in [3.63, 3.8) is 0 Å². The third kappa shape index (κ3) is 4.47. The molecule has 2 amide bonds. The lowest BCUT2D eigenvalue weighted by atomic mass is 9.99. The molecule has 1 aromatic rings. The third-order valence-electron chi connectivity index (χ3n) is 4.05. The molecule has 0 radical (unpaired) electrons. The summed E-state index contributed by atoms with van der Waals surface area (Å²) in [5.74, 6) is 0.507. The molecule has 0 aromatic heterocycles. The van der Waals surface area contributed by atoms with E-state index < -0.39 is 11.8 Å². The second kappa shape index (κ2) is 8.33. The number of likely N-dealkylation sites (tertiary alicyclic amines) is 1. The van der Waals surface area contributed by atoms with E-state index in [0.29, 0.717) is 36.1 Å². The molecule has 1 fully saturated rings. The van der Waals surface area contributed by atoms with Crippen LogP contribution < -0.4 is 14.9 Å². The fourth-order valence-corrected chi connectivity index (χ4v) is 2.50. The van der Waals surface area contributed by atoms with Gasteiger partial charge in [-0.1, -0.05) is 6.92 Å². The molecule has 0 bridgehead atoms. The number of carbonyl (C=O) groups excluding carboxylic acids is 2. The van der Waals surface area contributed by atoms with Crippen molar-refractivity contribution in [2.24, 2.45) is 11.0 Å². The van der Waals surface area contributed by atoms with Crippen LogP contribution in [0.5, 0.6) is 11.5 Å². The lowest BCUT2D eigenvalue weighted by Crippen LogP contribution is -2.45. The van der Waals surface area contributed by atoms with Crippen LogP contribution in [0.15, 0.2) is 23.3 Å². The Balaban J connectivity index is 1.91. The van der Waals surface area contributed by atoms with Crippen molar-refractivity contribution in [2.45, 2.75) is 19.8 Å². The molecule has 1 heterocycles. The van der Waals surface area contributed by atoms with Crippen molar-refractivity contribution in [1.29, 1.82) is 0 Å². The van der Waals surface area contributed by atoms with Crippen LogP contribution in [0.2, 0.25) is 0 Å². The normalized spacial score (nSPS) is 15.4. The van der Waals surface area contributed by atoms with Gasteiger partial charge in [0.1, 0.15) is 0 Å². The Bertz CT molecular complexity index is 622. The number of benzene rings is 1. The zero-order valence-corrected chi connectivity index (χ0v) is 14.2. The third-order valence-corrected chi connectivity index (χ3v) is 4.05. The van der Waals surface area contributed by atoms with E-state index in [9.17, 15) is 9.59 Å². The minimum atomic E-state index is -0.721. The summed E-state index contributed by atoms with van der Waals surface area (Å²) in [6.45, 7) is 3.38. The van der Waals surface area contributed by atoms with Gasteiger partial charge in [0.25, 0.3) is 0 Å². The first-order valence-corrected chi connectivity index (χ1v) is 7.89. The molecule has 7 heteroatoms. The molecule has 0 saturated carbocycles. The molecule has 24 heavy (non-hydrogen) atoms. The largest absolute Gasteiger partial charge is 0.493 e. The Hall–Kier alpha value is -2.57. The number of piperidine rings is 1. The molecule has 1 N–H and O–H groups in total. The monoisotopic (exact) mass is 333 g/mol. The Morgan fingerprint density at radius 1 is 1.21 bits per heavy atom. The average Bonchev–Trinajstić information content (AvgIpc) is 2.61. The van der Waals surface area contributed by atoms with Gasteiger partial charge in [-0.3, -0.25) is 9.59 Å². The highest BCUT2D eigenvalue weighted by Gasteiger charge is 2.25. The van der Waals surface area contributed by atoms with E-state index in [1.165, 1.54) is 6.21 Å². The second-order valence-electron chi connectivity index (χ2n) is 5.79. The van der Waals surface area contributed by atoms with E-state index in [4.69, 9.17) is 9.47 Å². The highest BCUT2D eigenvalue weighted by Crippen LogP contribution is 2.26. The molecule has 0 atom stereocenters. The zero-order valence-electron chi connectivity index (χ0n) is 14.2. The van der Waals surface area contributed by atoms with E-state index in [1.54, 1.807) is 37.3 Å². The van der Waals surface area contributed by atoms with E-state index in [0.717, 1.165) is 12.8 Å². The predicted octanol–water partition coefficient (Wildman–Crippen LogP) is 1.41. The maximum absolute atomic E-state index is 12.0. The fraction of sp³-hybridized carbons (Fsp3) is 0.471. The first-order valence-electron chi connectivity index (χ1n) is 7.89. The van der Waals surface area contributed by atoms with Gasteiger partial charge in [-0.15, -0.1) is 0 Å². The van der Waals surface area contributed by atoms with Gasteiger partial charge in [0.05, 0.1) is 20.4 Å². The molecular weight excluding hydrogens is 310 g/mol. The molecule has 7 nitrogen and oxygen atoms in total. The number of methoxy groups -OCH3 is 2. The van der Waals surface area contributed by atoms with Crippen molar-refractivity contribution in [3.8, 4) is 11.5 Å². The van der Waals surface area contributed by atoms with Gasteiger partial charge >= 0.3 is 11.8 Å². The quantitative estimate of drug-likeness (QED) is 0.513. The Kier molecular flexibility index (Phi) is 6.17. The lowest BCUT2D eigenvalue weighted by molar-refractivity contribution is -0.146. The van der Waals surface area contributed by atoms with Crippen molar-refractivity contribution in [3.05, 3.63) is 23.8 Å². The van der Waals surface area contributed by atoms with Crippen LogP contribution in [-0.2, 0) is 9.59 Å². The number of hydrazone groups is 1. The molecule has 2 rings (SSSR count). The second-order valence-corrected chi connectivity index (χ2v) is 5.79. The molecule has 1 aliphatic rings. The number of rotatable bonds is 4. The maximum Gasteiger partial charge on any atom is 0.329 e. The standard InChI is InChI=1S/C17H23N3O4/c1-12-6-8-20(9-7-12)17(22)16(21)19-18-11-13-4-5-14(23-2)15(10-13)24-3/h4-5,10-12H,6-9H2,1-3H3,(H,19,21)/b18-11-. The molecular formula is C17H23N3O4. The summed E-state index contributed by atoms with van der Waals surface area (Å²) in [6.07, 6.45) is 3.30. The summed E-state index contributed by atoms with van der Waals surface area (Å²) in [5, 5.41) is 3.83. The number of ether oxygens (including phenoxy) is 2. The molecule has 130 valence electrons. The summed E-state index contributed by atoms with van der Waals surface area (Å²) >= 11 is 0. The van der Waals surface area contributed by atoms with Crippen LogP contribution in [0.1, 0.15) is 25.3 Å². The number of hydrogen-bond acceptors (Lipinski definition) is 5. The first kappa shape index (κ1) is 17.8. The summed E-state index contributed by atoms with van der Waals surface area (Å²) in [7, 11) is 3.09. The number of amides is 2. The molecule has 1 aromatic carbocycles. The van der Waals surface area contributed by atoms with Crippen molar-refractivity contribution < 1.29 is 19.1 Å². The van der Waals surface area contributed by atoms with Crippen molar-refractivity contribution in [2.75, 3.05) is 27.3 Å². The molecule has 1 aliphatic heterocycles. The van der Waals surface area contributed by atoms with Crippen LogP contribution in [0, 0.1) is 5.92 Å². The molecule has 1 saturated heterocycles. The summed E-state index contributed by atoms with van der Waals surface area (Å²) in [6, 6.07) is 5.23. The van der Waals surface area contributed by atoms with Crippen LogP contribution in [0.3, 0.4) is 0 Å². The molecule has 0 spiro atoms. The molecule has 0 aliphatic carbocycles. The Morgan fingerprint density at radius 2 is 1.88 bits per heavy atom. The maximum atomic E-state index is 12.0. The number of nitrogens with zero attached hydrogens (tertiary/aromatic N) is 2. The number of carbonyl (C=O) groups is 2. The van der Waals surface area contributed by atoms with Crippen LogP contribution in [0.4, 0.5) is 0 Å². The number of nitrogens with one attached hydrogen (secondary N) is 1. The minimum Gasteiger partial charge on any atom is -0.493 e. The van der Waals surface area contributed by atoms with Gasteiger partial charge < -0.3 is 14.4 Å². The van der Waals surface area contributed by atoms with Crippen molar-refractivity contribution in [1.82, 2.24) is 10.3 Å². The SMILES string of the molecule is COc1ccc(/C=N\NC(=O)C(=O)N2CCC(C)CC2)cc1OC. The van der Waals surface area contributed by atoms with Gasteiger partial charge in [-0.2, -0.15) is 5.10 Å². The smallest absolute Gasteiger partial charge is 0.329 e. The summed E-state index contributed by atoms with van der Waals surface area (Å²) in [5.41, 5.74) is 2.99.